The van der Waals surface area contributed by atoms with Crippen molar-refractivity contribution in [1.29, 1.82) is 0 Å². The molecule has 0 aliphatic heterocycles. The van der Waals surface area contributed by atoms with E-state index >= 15 is 0 Å². The molecule has 2 unspecified atom stereocenters. The van der Waals surface area contributed by atoms with Gasteiger partial charge in [0.1, 0.15) is 0 Å². The summed E-state index contributed by atoms with van der Waals surface area (Å²) in [4.78, 5) is 25.5. The average Bonchev–Trinajstić information content (AvgIpc) is 2.47. The summed E-state index contributed by atoms with van der Waals surface area (Å²) in [6.07, 6.45) is 5.51. The van der Waals surface area contributed by atoms with E-state index in [2.05, 4.69) is 12.2 Å². The van der Waals surface area contributed by atoms with E-state index in [1.807, 2.05) is 20.9 Å². The number of nitrogens with one attached hydrogen (secondary N) is 1. The summed E-state index contributed by atoms with van der Waals surface area (Å²) in [5.41, 5.74) is -0.851. The normalized spacial score (nSPS) is 22.7. The molecular formula is C16H30N2O3. The Labute approximate surface area is 128 Å². The molecule has 21 heavy (non-hydrogen) atoms. The molecule has 1 aliphatic rings. The van der Waals surface area contributed by atoms with Crippen molar-refractivity contribution in [3.05, 3.63) is 0 Å². The third-order valence-corrected chi connectivity index (χ3v) is 5.16. The van der Waals surface area contributed by atoms with Crippen molar-refractivity contribution in [2.24, 2.45) is 11.3 Å². The summed E-state index contributed by atoms with van der Waals surface area (Å²) in [7, 11) is 1.82. The molecular weight excluding hydrogens is 268 g/mol. The van der Waals surface area contributed by atoms with Gasteiger partial charge in [0.2, 0.25) is 0 Å². The summed E-state index contributed by atoms with van der Waals surface area (Å²) in [6.45, 7) is 6.13. The quantitative estimate of drug-likeness (QED) is 0.791. The number of amides is 2. The van der Waals surface area contributed by atoms with E-state index in [4.69, 9.17) is 0 Å². The molecule has 2 N–H and O–H groups in total. The predicted molar refractivity (Wildman–Crippen MR) is 83.2 cm³/mol. The van der Waals surface area contributed by atoms with Crippen LogP contribution in [0.15, 0.2) is 0 Å². The predicted octanol–water partition coefficient (Wildman–Crippen LogP) is 3.10. The largest absolute Gasteiger partial charge is 0.481 e. The van der Waals surface area contributed by atoms with Crippen LogP contribution in [0.2, 0.25) is 0 Å². The van der Waals surface area contributed by atoms with Gasteiger partial charge in [0, 0.05) is 19.6 Å². The fourth-order valence-electron chi connectivity index (χ4n) is 3.17. The van der Waals surface area contributed by atoms with Crippen LogP contribution in [0.3, 0.4) is 0 Å². The Bertz CT molecular complexity index is 367. The number of rotatable bonds is 6. The van der Waals surface area contributed by atoms with Gasteiger partial charge in [-0.2, -0.15) is 0 Å². The first-order chi connectivity index (χ1) is 9.86. The lowest BCUT2D eigenvalue weighted by Crippen LogP contribution is -2.49. The maximum atomic E-state index is 12.3. The van der Waals surface area contributed by atoms with Crippen LogP contribution < -0.4 is 5.32 Å². The van der Waals surface area contributed by atoms with Crippen molar-refractivity contribution in [2.75, 3.05) is 13.6 Å². The van der Waals surface area contributed by atoms with Gasteiger partial charge in [-0.25, -0.2) is 4.79 Å². The molecule has 0 aromatic carbocycles. The molecule has 1 rings (SSSR count). The van der Waals surface area contributed by atoms with Gasteiger partial charge in [-0.1, -0.05) is 33.6 Å². The van der Waals surface area contributed by atoms with Crippen molar-refractivity contribution in [2.45, 2.75) is 65.3 Å². The highest BCUT2D eigenvalue weighted by atomic mass is 16.4. The number of nitrogens with zero attached hydrogens (tertiary/aromatic N) is 1. The maximum Gasteiger partial charge on any atom is 0.317 e. The topological polar surface area (TPSA) is 69.6 Å². The Balaban J connectivity index is 2.57. The molecule has 2 amide bonds. The van der Waals surface area contributed by atoms with Crippen molar-refractivity contribution in [1.82, 2.24) is 10.2 Å². The van der Waals surface area contributed by atoms with Gasteiger partial charge in [-0.15, -0.1) is 0 Å². The van der Waals surface area contributed by atoms with Gasteiger partial charge in [0.25, 0.3) is 0 Å². The Morgan fingerprint density at radius 1 is 1.29 bits per heavy atom. The number of hydrogen-bond acceptors (Lipinski definition) is 2. The first-order valence-corrected chi connectivity index (χ1v) is 8.10. The van der Waals surface area contributed by atoms with E-state index in [-0.39, 0.29) is 18.6 Å². The lowest BCUT2D eigenvalue weighted by molar-refractivity contribution is -0.149. The van der Waals surface area contributed by atoms with Crippen LogP contribution in [-0.2, 0) is 4.79 Å². The molecule has 0 heterocycles. The second kappa shape index (κ2) is 7.66. The second-order valence-electron chi connectivity index (χ2n) is 6.49. The molecule has 0 aromatic rings. The van der Waals surface area contributed by atoms with Crippen molar-refractivity contribution < 1.29 is 14.7 Å². The second-order valence-corrected chi connectivity index (χ2v) is 6.49. The van der Waals surface area contributed by atoms with E-state index in [0.29, 0.717) is 18.8 Å². The Morgan fingerprint density at radius 3 is 2.38 bits per heavy atom. The lowest BCUT2D eigenvalue weighted by Gasteiger charge is -2.35. The van der Waals surface area contributed by atoms with Crippen molar-refractivity contribution >= 4 is 12.0 Å². The molecule has 2 atom stereocenters. The first-order valence-electron chi connectivity index (χ1n) is 8.10. The average molecular weight is 298 g/mol. The molecule has 1 fully saturated rings. The van der Waals surface area contributed by atoms with Crippen LogP contribution in [0.25, 0.3) is 0 Å². The van der Waals surface area contributed by atoms with Crippen LogP contribution in [0.5, 0.6) is 0 Å². The Morgan fingerprint density at radius 2 is 1.90 bits per heavy atom. The van der Waals surface area contributed by atoms with Gasteiger partial charge in [-0.05, 0) is 31.6 Å². The van der Waals surface area contributed by atoms with E-state index in [0.717, 1.165) is 19.3 Å². The summed E-state index contributed by atoms with van der Waals surface area (Å²) in [5, 5.41) is 12.2. The fourth-order valence-corrected chi connectivity index (χ4v) is 3.17. The zero-order valence-electron chi connectivity index (χ0n) is 13.8. The summed E-state index contributed by atoms with van der Waals surface area (Å²) in [5.74, 6) is -0.176. The summed E-state index contributed by atoms with van der Waals surface area (Å²) in [6, 6.07) is 0.123. The third-order valence-electron chi connectivity index (χ3n) is 5.16. The molecule has 0 saturated heterocycles. The molecule has 1 saturated carbocycles. The number of carboxylic acid groups (broad SMARTS) is 1. The number of urea groups is 1. The molecule has 5 heteroatoms. The maximum absolute atomic E-state index is 12.3. The number of aliphatic carboxylic acids is 1. The highest BCUT2D eigenvalue weighted by Crippen LogP contribution is 2.28. The highest BCUT2D eigenvalue weighted by molar-refractivity contribution is 5.78. The van der Waals surface area contributed by atoms with Gasteiger partial charge in [0.05, 0.1) is 5.41 Å². The molecule has 1 aliphatic carbocycles. The molecule has 0 spiro atoms. The molecule has 0 bridgehead atoms. The Kier molecular flexibility index (Phi) is 6.49. The van der Waals surface area contributed by atoms with E-state index in [1.54, 1.807) is 4.90 Å². The summed E-state index contributed by atoms with van der Waals surface area (Å²) >= 11 is 0. The minimum Gasteiger partial charge on any atom is -0.481 e. The van der Waals surface area contributed by atoms with Gasteiger partial charge in [-0.3, -0.25) is 4.79 Å². The third kappa shape index (κ3) is 4.35. The lowest BCUT2D eigenvalue weighted by atomic mass is 9.82. The van der Waals surface area contributed by atoms with Crippen molar-refractivity contribution in [3.8, 4) is 0 Å². The number of carbonyl (C=O) groups is 2. The molecule has 122 valence electrons. The summed E-state index contributed by atoms with van der Waals surface area (Å²) < 4.78 is 0. The fraction of sp³-hybridized carbons (Fsp3) is 0.875. The molecule has 0 radical (unpaired) electrons. The van der Waals surface area contributed by atoms with E-state index in [1.165, 1.54) is 6.42 Å². The number of carbonyl (C=O) groups excluding carboxylic acids is 1. The van der Waals surface area contributed by atoms with Crippen LogP contribution in [-0.4, -0.2) is 41.6 Å². The number of hydrogen-bond donors (Lipinski definition) is 2. The van der Waals surface area contributed by atoms with E-state index < -0.39 is 11.4 Å². The zero-order valence-corrected chi connectivity index (χ0v) is 13.8. The van der Waals surface area contributed by atoms with E-state index in [9.17, 15) is 14.7 Å². The van der Waals surface area contributed by atoms with Crippen LogP contribution >= 0.6 is 0 Å². The Hall–Kier alpha value is -1.26. The standard InChI is InChI=1S/C16H30N2O3/c1-5-16(6-2,14(19)20)11-17-15(21)18(4)13-9-7-8-12(3)10-13/h12-13H,5-11H2,1-4H3,(H,17,21)(H,19,20). The van der Waals surface area contributed by atoms with Gasteiger partial charge in [0.15, 0.2) is 0 Å². The minimum atomic E-state index is -0.851. The minimum absolute atomic E-state index is 0.151. The SMILES string of the molecule is CCC(CC)(CNC(=O)N(C)C1CCCC(C)C1)C(=O)O. The molecule has 0 aromatic heterocycles. The smallest absolute Gasteiger partial charge is 0.317 e. The highest BCUT2D eigenvalue weighted by Gasteiger charge is 2.36. The van der Waals surface area contributed by atoms with Crippen LogP contribution in [0.4, 0.5) is 4.79 Å². The van der Waals surface area contributed by atoms with Crippen molar-refractivity contribution in [3.63, 3.8) is 0 Å². The first kappa shape index (κ1) is 17.8. The van der Waals surface area contributed by atoms with Gasteiger partial charge < -0.3 is 15.3 Å². The van der Waals surface area contributed by atoms with Crippen LogP contribution in [0.1, 0.15) is 59.3 Å². The zero-order chi connectivity index (χ0) is 16.0. The van der Waals surface area contributed by atoms with Crippen LogP contribution in [0, 0.1) is 11.3 Å². The molecule has 5 nitrogen and oxygen atoms in total. The number of carboxylic acids is 1. The monoisotopic (exact) mass is 298 g/mol. The van der Waals surface area contributed by atoms with Gasteiger partial charge >= 0.3 is 12.0 Å².